The van der Waals surface area contributed by atoms with Crippen LogP contribution in [0.4, 0.5) is 0 Å². The van der Waals surface area contributed by atoms with E-state index >= 15 is 0 Å². The molecule has 0 aromatic heterocycles. The van der Waals surface area contributed by atoms with Crippen LogP contribution in [-0.4, -0.2) is 52.3 Å². The van der Waals surface area contributed by atoms with Crippen molar-refractivity contribution in [2.45, 2.75) is 58.2 Å². The molecule has 2 unspecified atom stereocenters. The molecule has 0 rings (SSSR count). The van der Waals surface area contributed by atoms with E-state index in [9.17, 15) is 0 Å². The second-order valence-electron chi connectivity index (χ2n) is 6.74. The smallest absolute Gasteiger partial charge is 0.324 e. The predicted molar refractivity (Wildman–Crippen MR) is 92.4 cm³/mol. The van der Waals surface area contributed by atoms with Crippen molar-refractivity contribution in [2.75, 3.05) is 27.1 Å². The summed E-state index contributed by atoms with van der Waals surface area (Å²) in [5.41, 5.74) is 0. The molecule has 7 heteroatoms. The Labute approximate surface area is 128 Å². The number of ether oxygens (including phenoxy) is 1. The second-order valence-corrected chi connectivity index (χ2v) is 19.1. The number of methoxy groups -OCH3 is 1. The minimum atomic E-state index is -2.05. The van der Waals surface area contributed by atoms with Gasteiger partial charge in [-0.2, -0.15) is 0 Å². The fraction of sp³-hybridized carbons (Fsp3) is 1.00. The first kappa shape index (κ1) is 20.5. The van der Waals surface area contributed by atoms with E-state index in [2.05, 4.69) is 39.7 Å². The van der Waals surface area contributed by atoms with Gasteiger partial charge in [-0.15, -0.1) is 0 Å². The standard InChI is InChI=1S/C13H34O4Si3/c1-9-20(8,17-18(4,5)6)16-13-19(7,15-3)12-10-11-14-2/h9-13H2,1-8H3. The van der Waals surface area contributed by atoms with Crippen molar-refractivity contribution in [3.05, 3.63) is 0 Å². The van der Waals surface area contributed by atoms with Crippen molar-refractivity contribution in [2.24, 2.45) is 0 Å². The lowest BCUT2D eigenvalue weighted by molar-refractivity contribution is 0.195. The normalized spacial score (nSPS) is 18.6. The van der Waals surface area contributed by atoms with Crippen LogP contribution in [0.3, 0.4) is 0 Å². The van der Waals surface area contributed by atoms with Gasteiger partial charge in [0.05, 0.1) is 6.23 Å². The van der Waals surface area contributed by atoms with E-state index < -0.39 is 25.2 Å². The van der Waals surface area contributed by atoms with E-state index in [0.29, 0.717) is 0 Å². The third kappa shape index (κ3) is 8.71. The highest BCUT2D eigenvalue weighted by Crippen LogP contribution is 2.22. The van der Waals surface area contributed by atoms with Crippen LogP contribution in [-0.2, 0) is 17.7 Å². The Balaban J connectivity index is 4.50. The Kier molecular flexibility index (Phi) is 9.03. The molecular formula is C13H34O4Si3. The fourth-order valence-corrected chi connectivity index (χ4v) is 12.0. The van der Waals surface area contributed by atoms with Crippen molar-refractivity contribution >= 4 is 25.2 Å². The van der Waals surface area contributed by atoms with Crippen LogP contribution >= 0.6 is 0 Å². The van der Waals surface area contributed by atoms with E-state index in [1.807, 2.05) is 7.11 Å². The topological polar surface area (TPSA) is 36.9 Å². The molecular weight excluding hydrogens is 304 g/mol. The average molecular weight is 339 g/mol. The molecule has 0 aliphatic heterocycles. The molecule has 0 aliphatic rings. The highest BCUT2D eigenvalue weighted by molar-refractivity contribution is 6.82. The highest BCUT2D eigenvalue weighted by Gasteiger charge is 2.38. The minimum Gasteiger partial charge on any atom is -0.436 e. The molecule has 0 saturated heterocycles. The van der Waals surface area contributed by atoms with Gasteiger partial charge in [0.15, 0.2) is 8.32 Å². The van der Waals surface area contributed by atoms with E-state index in [-0.39, 0.29) is 0 Å². The van der Waals surface area contributed by atoms with E-state index in [1.165, 1.54) is 0 Å². The summed E-state index contributed by atoms with van der Waals surface area (Å²) < 4.78 is 23.5. The molecule has 122 valence electrons. The van der Waals surface area contributed by atoms with Crippen molar-refractivity contribution < 1.29 is 17.7 Å². The van der Waals surface area contributed by atoms with Gasteiger partial charge in [-0.1, -0.05) is 6.92 Å². The first-order chi connectivity index (χ1) is 9.10. The molecule has 0 heterocycles. The molecule has 0 N–H and O–H groups in total. The molecule has 0 spiro atoms. The SMILES string of the molecule is CC[Si](C)(OC[Si](C)(CCCOC)OC)O[Si](C)(C)C. The summed E-state index contributed by atoms with van der Waals surface area (Å²) in [7, 11) is -1.85. The van der Waals surface area contributed by atoms with E-state index in [1.54, 1.807) is 7.11 Å². The van der Waals surface area contributed by atoms with Gasteiger partial charge in [-0.25, -0.2) is 0 Å². The van der Waals surface area contributed by atoms with Crippen LogP contribution < -0.4 is 0 Å². The Bertz CT molecular complexity index is 273. The summed E-state index contributed by atoms with van der Waals surface area (Å²) in [6.07, 6.45) is 1.77. The van der Waals surface area contributed by atoms with Gasteiger partial charge in [-0.05, 0) is 51.2 Å². The first-order valence-corrected chi connectivity index (χ1v) is 16.2. The van der Waals surface area contributed by atoms with Gasteiger partial charge in [0.2, 0.25) is 8.32 Å². The fourth-order valence-electron chi connectivity index (χ4n) is 1.98. The Morgan fingerprint density at radius 3 is 1.95 bits per heavy atom. The summed E-state index contributed by atoms with van der Waals surface area (Å²) in [6.45, 7) is 14.1. The third-order valence-electron chi connectivity index (χ3n) is 3.39. The first-order valence-electron chi connectivity index (χ1n) is 7.48. The van der Waals surface area contributed by atoms with Crippen molar-refractivity contribution in [1.29, 1.82) is 0 Å². The monoisotopic (exact) mass is 338 g/mol. The summed E-state index contributed by atoms with van der Waals surface area (Å²) in [6, 6.07) is 2.06. The zero-order valence-electron chi connectivity index (χ0n) is 14.7. The Morgan fingerprint density at radius 2 is 1.55 bits per heavy atom. The van der Waals surface area contributed by atoms with E-state index in [4.69, 9.17) is 17.7 Å². The van der Waals surface area contributed by atoms with E-state index in [0.717, 1.165) is 31.3 Å². The molecule has 0 amide bonds. The van der Waals surface area contributed by atoms with Gasteiger partial charge < -0.3 is 17.7 Å². The maximum atomic E-state index is 6.34. The van der Waals surface area contributed by atoms with Crippen molar-refractivity contribution in [1.82, 2.24) is 0 Å². The van der Waals surface area contributed by atoms with Crippen LogP contribution in [0, 0.1) is 0 Å². The average Bonchev–Trinajstić information content (AvgIpc) is 2.35. The van der Waals surface area contributed by atoms with Gasteiger partial charge in [0.25, 0.3) is 0 Å². The Morgan fingerprint density at radius 1 is 0.950 bits per heavy atom. The highest BCUT2D eigenvalue weighted by atomic mass is 28.4. The number of rotatable bonds is 11. The molecule has 0 fully saturated rings. The molecule has 0 bridgehead atoms. The predicted octanol–water partition coefficient (Wildman–Crippen LogP) is 3.74. The summed E-state index contributed by atoms with van der Waals surface area (Å²) in [5, 5.41) is 0. The second kappa shape index (κ2) is 8.82. The van der Waals surface area contributed by atoms with Crippen LogP contribution in [0.1, 0.15) is 13.3 Å². The van der Waals surface area contributed by atoms with Gasteiger partial charge in [0.1, 0.15) is 0 Å². The molecule has 0 aliphatic carbocycles. The minimum absolute atomic E-state index is 0.730. The maximum absolute atomic E-state index is 6.34. The van der Waals surface area contributed by atoms with Crippen LogP contribution in [0.5, 0.6) is 0 Å². The molecule has 0 aromatic carbocycles. The third-order valence-corrected chi connectivity index (χ3v) is 13.1. The van der Waals surface area contributed by atoms with Gasteiger partial charge in [0, 0.05) is 20.8 Å². The maximum Gasteiger partial charge on any atom is 0.324 e. The van der Waals surface area contributed by atoms with Crippen LogP contribution in [0.25, 0.3) is 0 Å². The lowest BCUT2D eigenvalue weighted by Crippen LogP contribution is -2.51. The summed E-state index contributed by atoms with van der Waals surface area (Å²) in [5.74, 6) is 0. The van der Waals surface area contributed by atoms with Crippen LogP contribution in [0.15, 0.2) is 0 Å². The molecule has 0 aromatic rings. The molecule has 0 saturated carbocycles. The summed E-state index contributed by atoms with van der Waals surface area (Å²) >= 11 is 0. The quantitative estimate of drug-likeness (QED) is 0.425. The van der Waals surface area contributed by atoms with Crippen LogP contribution in [0.2, 0.25) is 44.8 Å². The zero-order chi connectivity index (χ0) is 15.9. The molecule has 4 nitrogen and oxygen atoms in total. The largest absolute Gasteiger partial charge is 0.436 e. The van der Waals surface area contributed by atoms with Crippen molar-refractivity contribution in [3.63, 3.8) is 0 Å². The Hall–Kier alpha value is 0.491. The number of hydrogen-bond donors (Lipinski definition) is 0. The van der Waals surface area contributed by atoms with Gasteiger partial charge in [-0.3, -0.25) is 0 Å². The van der Waals surface area contributed by atoms with Crippen molar-refractivity contribution in [3.8, 4) is 0 Å². The lowest BCUT2D eigenvalue weighted by Gasteiger charge is -2.36. The zero-order valence-corrected chi connectivity index (χ0v) is 17.7. The van der Waals surface area contributed by atoms with Gasteiger partial charge >= 0.3 is 8.56 Å². The summed E-state index contributed by atoms with van der Waals surface area (Å²) in [4.78, 5) is 0. The number of hydrogen-bond acceptors (Lipinski definition) is 4. The molecule has 2 atom stereocenters. The lowest BCUT2D eigenvalue weighted by atomic mass is 10.5. The molecule has 20 heavy (non-hydrogen) atoms. The molecule has 0 radical (unpaired) electrons.